The van der Waals surface area contributed by atoms with Gasteiger partial charge in [-0.2, -0.15) is 0 Å². The molecule has 0 spiro atoms. The first-order valence-electron chi connectivity index (χ1n) is 6.62. The van der Waals surface area contributed by atoms with E-state index in [1.807, 2.05) is 43.3 Å². The number of halogens is 2. The Labute approximate surface area is 138 Å². The van der Waals surface area contributed by atoms with Crippen molar-refractivity contribution in [2.45, 2.75) is 13.5 Å². The summed E-state index contributed by atoms with van der Waals surface area (Å²) in [6.07, 6.45) is 0. The lowest BCUT2D eigenvalue weighted by Crippen LogP contribution is -2.02. The Balaban J connectivity index is 2.15. The fourth-order valence-corrected chi connectivity index (χ4v) is 2.49. The quantitative estimate of drug-likeness (QED) is 0.765. The number of methoxy groups -OCH3 is 1. The van der Waals surface area contributed by atoms with E-state index in [1.54, 1.807) is 7.11 Å². The maximum atomic E-state index is 5.88. The Hall–Kier alpha value is -1.39. The van der Waals surface area contributed by atoms with Crippen LogP contribution in [0.4, 0.5) is 5.69 Å². The van der Waals surface area contributed by atoms with Crippen LogP contribution >= 0.6 is 27.5 Å². The molecule has 3 nitrogen and oxygen atoms in total. The third kappa shape index (κ3) is 4.29. The van der Waals surface area contributed by atoms with Crippen molar-refractivity contribution in [2.24, 2.45) is 0 Å². The van der Waals surface area contributed by atoms with Crippen LogP contribution < -0.4 is 14.8 Å². The van der Waals surface area contributed by atoms with Gasteiger partial charge in [-0.25, -0.2) is 0 Å². The molecule has 0 bridgehead atoms. The molecule has 0 saturated carbocycles. The zero-order valence-electron chi connectivity index (χ0n) is 12.0. The summed E-state index contributed by atoms with van der Waals surface area (Å²) in [6, 6.07) is 11.5. The van der Waals surface area contributed by atoms with Gasteiger partial charge in [0.2, 0.25) is 0 Å². The van der Waals surface area contributed by atoms with E-state index in [1.165, 1.54) is 0 Å². The largest absolute Gasteiger partial charge is 0.493 e. The number of ether oxygens (including phenoxy) is 2. The first-order chi connectivity index (χ1) is 10.1. The van der Waals surface area contributed by atoms with Crippen molar-refractivity contribution < 1.29 is 9.47 Å². The summed E-state index contributed by atoms with van der Waals surface area (Å²) < 4.78 is 11.9. The molecule has 0 radical (unpaired) electrons. The highest BCUT2D eigenvalue weighted by Gasteiger charge is 2.10. The highest BCUT2D eigenvalue weighted by Crippen LogP contribution is 2.34. The summed E-state index contributed by atoms with van der Waals surface area (Å²) in [5.74, 6) is 1.47. The molecule has 0 unspecified atom stereocenters. The maximum absolute atomic E-state index is 5.88. The molecule has 0 heterocycles. The molecule has 0 fully saturated rings. The first kappa shape index (κ1) is 16.0. The summed E-state index contributed by atoms with van der Waals surface area (Å²) in [7, 11) is 1.63. The van der Waals surface area contributed by atoms with E-state index >= 15 is 0 Å². The van der Waals surface area contributed by atoms with Crippen LogP contribution in [0.2, 0.25) is 5.02 Å². The molecule has 2 aromatic carbocycles. The van der Waals surface area contributed by atoms with Gasteiger partial charge in [0.25, 0.3) is 0 Å². The summed E-state index contributed by atoms with van der Waals surface area (Å²) in [5.41, 5.74) is 2.11. The molecule has 0 aliphatic carbocycles. The van der Waals surface area contributed by atoms with Crippen LogP contribution in [0.5, 0.6) is 11.5 Å². The van der Waals surface area contributed by atoms with E-state index < -0.39 is 0 Å². The lowest BCUT2D eigenvalue weighted by Gasteiger charge is -2.14. The average Bonchev–Trinajstić information content (AvgIpc) is 2.49. The monoisotopic (exact) mass is 369 g/mol. The third-order valence-electron chi connectivity index (χ3n) is 2.96. The molecule has 0 aliphatic rings. The first-order valence-corrected chi connectivity index (χ1v) is 7.79. The average molecular weight is 371 g/mol. The van der Waals surface area contributed by atoms with Crippen molar-refractivity contribution in [3.8, 4) is 11.5 Å². The van der Waals surface area contributed by atoms with Crippen LogP contribution in [0.25, 0.3) is 0 Å². The summed E-state index contributed by atoms with van der Waals surface area (Å²) in [5, 5.41) is 4.08. The molecule has 112 valence electrons. The highest BCUT2D eigenvalue weighted by molar-refractivity contribution is 9.10. The Morgan fingerprint density at radius 1 is 1.14 bits per heavy atom. The van der Waals surface area contributed by atoms with Crippen molar-refractivity contribution in [2.75, 3.05) is 19.0 Å². The van der Waals surface area contributed by atoms with Gasteiger partial charge in [-0.3, -0.25) is 0 Å². The lowest BCUT2D eigenvalue weighted by atomic mass is 10.2. The van der Waals surface area contributed by atoms with Gasteiger partial charge in [0.15, 0.2) is 11.5 Å². The van der Waals surface area contributed by atoms with Crippen molar-refractivity contribution in [1.82, 2.24) is 0 Å². The SMILES string of the molecule is CCOc1cc(CNc2ccc(Cl)cc2)c(Br)cc1OC. The molecular weight excluding hydrogens is 354 g/mol. The van der Waals surface area contributed by atoms with E-state index in [4.69, 9.17) is 21.1 Å². The van der Waals surface area contributed by atoms with Gasteiger partial charge in [0.1, 0.15) is 0 Å². The highest BCUT2D eigenvalue weighted by atomic mass is 79.9. The van der Waals surface area contributed by atoms with Gasteiger partial charge in [-0.1, -0.05) is 27.5 Å². The van der Waals surface area contributed by atoms with Crippen molar-refractivity contribution in [1.29, 1.82) is 0 Å². The summed E-state index contributed by atoms with van der Waals surface area (Å²) in [4.78, 5) is 0. The summed E-state index contributed by atoms with van der Waals surface area (Å²) >= 11 is 9.44. The molecule has 0 amide bonds. The van der Waals surface area contributed by atoms with Gasteiger partial charge in [-0.15, -0.1) is 0 Å². The van der Waals surface area contributed by atoms with E-state index in [0.29, 0.717) is 13.2 Å². The molecule has 0 aliphatic heterocycles. The molecule has 0 atom stereocenters. The Bertz CT molecular complexity index is 602. The molecular formula is C16H17BrClNO2. The standard InChI is InChI=1S/C16H17BrClNO2/c1-3-21-16-8-11(14(17)9-15(16)20-2)10-19-13-6-4-12(18)5-7-13/h4-9,19H,3,10H2,1-2H3. The number of hydrogen-bond donors (Lipinski definition) is 1. The van der Waals surface area contributed by atoms with Crippen LogP contribution in [-0.4, -0.2) is 13.7 Å². The van der Waals surface area contributed by atoms with Crippen LogP contribution in [0, 0.1) is 0 Å². The van der Waals surface area contributed by atoms with Gasteiger partial charge in [0.05, 0.1) is 13.7 Å². The zero-order chi connectivity index (χ0) is 15.2. The normalized spacial score (nSPS) is 10.3. The molecule has 0 aromatic heterocycles. The third-order valence-corrected chi connectivity index (χ3v) is 3.95. The Morgan fingerprint density at radius 3 is 2.48 bits per heavy atom. The van der Waals surface area contributed by atoms with Crippen molar-refractivity contribution in [3.63, 3.8) is 0 Å². The number of benzene rings is 2. The predicted molar refractivity (Wildman–Crippen MR) is 90.6 cm³/mol. The smallest absolute Gasteiger partial charge is 0.161 e. The minimum Gasteiger partial charge on any atom is -0.493 e. The number of nitrogens with one attached hydrogen (secondary N) is 1. The second-order valence-corrected chi connectivity index (χ2v) is 5.68. The molecule has 21 heavy (non-hydrogen) atoms. The van der Waals surface area contributed by atoms with E-state index in [9.17, 15) is 0 Å². The Kier molecular flexibility index (Phi) is 5.76. The molecule has 1 N–H and O–H groups in total. The van der Waals surface area contributed by atoms with Crippen LogP contribution in [0.1, 0.15) is 12.5 Å². The number of hydrogen-bond acceptors (Lipinski definition) is 3. The molecule has 2 rings (SSSR count). The Morgan fingerprint density at radius 2 is 1.86 bits per heavy atom. The van der Waals surface area contributed by atoms with E-state index in [2.05, 4.69) is 21.2 Å². The fourth-order valence-electron chi connectivity index (χ4n) is 1.91. The molecule has 5 heteroatoms. The molecule has 0 saturated heterocycles. The van der Waals surface area contributed by atoms with Crippen molar-refractivity contribution in [3.05, 3.63) is 51.5 Å². The summed E-state index contributed by atoms with van der Waals surface area (Å²) in [6.45, 7) is 3.22. The maximum Gasteiger partial charge on any atom is 0.161 e. The van der Waals surface area contributed by atoms with E-state index in [-0.39, 0.29) is 0 Å². The minimum absolute atomic E-state index is 0.599. The van der Waals surface area contributed by atoms with Crippen molar-refractivity contribution >= 4 is 33.2 Å². The zero-order valence-corrected chi connectivity index (χ0v) is 14.3. The predicted octanol–water partition coefficient (Wildman–Crippen LogP) is 5.12. The molecule has 2 aromatic rings. The van der Waals surface area contributed by atoms with E-state index in [0.717, 1.165) is 32.2 Å². The lowest BCUT2D eigenvalue weighted by molar-refractivity contribution is 0.310. The number of anilines is 1. The van der Waals surface area contributed by atoms with Crippen LogP contribution in [0.15, 0.2) is 40.9 Å². The fraction of sp³-hybridized carbons (Fsp3) is 0.250. The second-order valence-electron chi connectivity index (χ2n) is 4.39. The van der Waals surface area contributed by atoms with Gasteiger partial charge >= 0.3 is 0 Å². The number of rotatable bonds is 6. The topological polar surface area (TPSA) is 30.5 Å². The van der Waals surface area contributed by atoms with Gasteiger partial charge in [-0.05, 0) is 48.9 Å². The van der Waals surface area contributed by atoms with Crippen LogP contribution in [0.3, 0.4) is 0 Å². The van der Waals surface area contributed by atoms with Gasteiger partial charge < -0.3 is 14.8 Å². The van der Waals surface area contributed by atoms with Gasteiger partial charge in [0, 0.05) is 21.7 Å². The van der Waals surface area contributed by atoms with Crippen LogP contribution in [-0.2, 0) is 6.54 Å². The second kappa shape index (κ2) is 7.57. The minimum atomic E-state index is 0.599.